The van der Waals surface area contributed by atoms with Gasteiger partial charge in [0.1, 0.15) is 17.3 Å². The first-order chi connectivity index (χ1) is 19.7. The second-order valence-electron chi connectivity index (χ2n) is 11.3. The molecule has 0 spiro atoms. The van der Waals surface area contributed by atoms with Gasteiger partial charge in [0.25, 0.3) is 0 Å². The molecule has 0 saturated heterocycles. The summed E-state index contributed by atoms with van der Waals surface area (Å²) in [7, 11) is 1.57. The van der Waals surface area contributed by atoms with Crippen LogP contribution in [-0.2, 0) is 32.8 Å². The number of amidine groups is 1. The number of likely N-dealkylation sites (N-methyl/N-ethyl adjacent to an activating group) is 1. The highest BCUT2D eigenvalue weighted by Crippen LogP contribution is 2.39. The molecule has 0 saturated carbocycles. The summed E-state index contributed by atoms with van der Waals surface area (Å²) in [5.41, 5.74) is 8.41. The van der Waals surface area contributed by atoms with E-state index in [0.29, 0.717) is 53.4 Å². The Morgan fingerprint density at radius 2 is 1.81 bits per heavy atom. The molecule has 5 N–H and O–H groups in total. The van der Waals surface area contributed by atoms with Crippen LogP contribution in [0.2, 0.25) is 0 Å². The van der Waals surface area contributed by atoms with Gasteiger partial charge in [-0.1, -0.05) is 20.8 Å². The summed E-state index contributed by atoms with van der Waals surface area (Å²) < 4.78 is 11.8. The van der Waals surface area contributed by atoms with Crippen LogP contribution in [0.1, 0.15) is 80.1 Å². The van der Waals surface area contributed by atoms with Crippen molar-refractivity contribution in [2.75, 3.05) is 32.1 Å². The van der Waals surface area contributed by atoms with Crippen molar-refractivity contribution in [1.29, 1.82) is 5.41 Å². The van der Waals surface area contributed by atoms with Gasteiger partial charge >= 0.3 is 0 Å². The average molecular weight is 580 g/mol. The lowest BCUT2D eigenvalue weighted by Crippen LogP contribution is -2.30. The van der Waals surface area contributed by atoms with Crippen molar-refractivity contribution in [3.8, 4) is 11.5 Å². The van der Waals surface area contributed by atoms with Crippen molar-refractivity contribution in [1.82, 2.24) is 10.2 Å². The van der Waals surface area contributed by atoms with E-state index in [4.69, 9.17) is 20.6 Å². The van der Waals surface area contributed by atoms with Crippen LogP contribution in [0.5, 0.6) is 11.5 Å². The van der Waals surface area contributed by atoms with Gasteiger partial charge in [0.2, 0.25) is 17.7 Å². The number of amides is 3. The molecule has 0 aliphatic carbocycles. The Morgan fingerprint density at radius 3 is 2.40 bits per heavy atom. The van der Waals surface area contributed by atoms with E-state index in [9.17, 15) is 19.2 Å². The Bertz CT molecular complexity index is 1400. The van der Waals surface area contributed by atoms with Crippen molar-refractivity contribution in [2.24, 2.45) is 5.73 Å². The third-order valence-electron chi connectivity index (χ3n) is 6.83. The summed E-state index contributed by atoms with van der Waals surface area (Å²) in [4.78, 5) is 50.6. The maximum Gasteiger partial charge on any atom is 0.224 e. The predicted octanol–water partition coefficient (Wildman–Crippen LogP) is 3.30. The largest absolute Gasteiger partial charge is 0.494 e. The zero-order valence-electron chi connectivity index (χ0n) is 25.2. The summed E-state index contributed by atoms with van der Waals surface area (Å²) in [6, 6.07) is 6.98. The van der Waals surface area contributed by atoms with Gasteiger partial charge in [-0.05, 0) is 48.6 Å². The molecular weight excluding hydrogens is 538 g/mol. The highest BCUT2D eigenvalue weighted by atomic mass is 16.5. The molecule has 42 heavy (non-hydrogen) atoms. The van der Waals surface area contributed by atoms with Gasteiger partial charge in [-0.3, -0.25) is 24.6 Å². The molecule has 1 aliphatic rings. The molecule has 3 amide bonds. The van der Waals surface area contributed by atoms with E-state index in [0.717, 1.165) is 11.1 Å². The van der Waals surface area contributed by atoms with Crippen LogP contribution in [-0.4, -0.2) is 61.0 Å². The number of nitrogens with two attached hydrogens (primary N) is 1. The number of primary amides is 1. The summed E-state index contributed by atoms with van der Waals surface area (Å²) in [5.74, 6) is 0.0548. The third-order valence-corrected chi connectivity index (χ3v) is 6.83. The maximum atomic E-state index is 13.7. The second kappa shape index (κ2) is 13.5. The van der Waals surface area contributed by atoms with E-state index >= 15 is 0 Å². The van der Waals surface area contributed by atoms with Gasteiger partial charge in [0, 0.05) is 49.2 Å². The van der Waals surface area contributed by atoms with Gasteiger partial charge in [-0.15, -0.1) is 0 Å². The van der Waals surface area contributed by atoms with E-state index in [2.05, 4.69) is 10.6 Å². The van der Waals surface area contributed by atoms with E-state index in [1.54, 1.807) is 30.1 Å². The van der Waals surface area contributed by atoms with Gasteiger partial charge in [0.05, 0.1) is 31.9 Å². The number of hydrogen-bond donors (Lipinski definition) is 4. The predicted molar refractivity (Wildman–Crippen MR) is 160 cm³/mol. The van der Waals surface area contributed by atoms with Crippen molar-refractivity contribution >= 4 is 35.0 Å². The van der Waals surface area contributed by atoms with Gasteiger partial charge in [0.15, 0.2) is 5.78 Å². The molecule has 1 aliphatic heterocycles. The number of nitrogens with one attached hydrogen (secondary N) is 3. The molecule has 3 rings (SSSR count). The Balaban J connectivity index is 1.92. The first-order valence-electron chi connectivity index (χ1n) is 14.0. The van der Waals surface area contributed by atoms with Crippen molar-refractivity contribution in [3.63, 3.8) is 0 Å². The number of ether oxygens (including phenoxy) is 2. The number of nitrogens with zero attached hydrogens (tertiary/aromatic N) is 1. The Morgan fingerprint density at radius 1 is 1.10 bits per heavy atom. The molecule has 0 aromatic heterocycles. The molecular formula is C31H41N5O6. The van der Waals surface area contributed by atoms with Crippen molar-refractivity contribution < 1.29 is 28.7 Å². The molecule has 0 unspecified atom stereocenters. The first-order valence-corrected chi connectivity index (χ1v) is 14.0. The highest BCUT2D eigenvalue weighted by Gasteiger charge is 2.30. The lowest BCUT2D eigenvalue weighted by molar-refractivity contribution is -0.120. The van der Waals surface area contributed by atoms with Crippen LogP contribution in [0.15, 0.2) is 24.3 Å². The Labute approximate surface area is 246 Å². The average Bonchev–Trinajstić information content (AvgIpc) is 3.19. The van der Waals surface area contributed by atoms with Gasteiger partial charge in [-0.2, -0.15) is 0 Å². The van der Waals surface area contributed by atoms with E-state index in [1.807, 2.05) is 33.8 Å². The van der Waals surface area contributed by atoms with Crippen LogP contribution in [0.3, 0.4) is 0 Å². The van der Waals surface area contributed by atoms with Crippen molar-refractivity contribution in [3.05, 3.63) is 52.1 Å². The van der Waals surface area contributed by atoms with Crippen LogP contribution in [0.4, 0.5) is 5.69 Å². The summed E-state index contributed by atoms with van der Waals surface area (Å²) in [6.07, 6.45) is 0.691. The van der Waals surface area contributed by atoms with Crippen LogP contribution in [0, 0.1) is 5.41 Å². The standard InChI is InChI=1S/C31H41N5O6/c1-7-41-26-14-21-16-36(30(33)22(21)11-20(26)15-28(40)34-6)17-25(38)19-12-23(31(3,4)5)29(24(13-19)35-18(2)37)42-10-8-9-27(32)39/h11-14,33H,7-10,15-17H2,1-6H3,(H2,32,39)(H,34,40)(H,35,37). The molecule has 226 valence electrons. The minimum atomic E-state index is -0.448. The van der Waals surface area contributed by atoms with Gasteiger partial charge < -0.3 is 30.7 Å². The van der Waals surface area contributed by atoms with Crippen LogP contribution < -0.4 is 25.8 Å². The number of rotatable bonds is 13. The summed E-state index contributed by atoms with van der Waals surface area (Å²) >= 11 is 0. The number of ketones is 1. The number of Topliss-reactive ketones (excluding diaryl/α,β-unsaturated/α-hetero) is 1. The molecule has 11 nitrogen and oxygen atoms in total. The number of hydrogen-bond acceptors (Lipinski definition) is 7. The quantitative estimate of drug-likeness (QED) is 0.209. The lowest BCUT2D eigenvalue weighted by atomic mass is 9.84. The lowest BCUT2D eigenvalue weighted by Gasteiger charge is -2.26. The number of carbonyl (C=O) groups is 4. The molecule has 2 aromatic carbocycles. The van der Waals surface area contributed by atoms with Gasteiger partial charge in [-0.25, -0.2) is 0 Å². The Hall–Kier alpha value is -4.41. The molecule has 1 heterocycles. The third kappa shape index (κ3) is 7.86. The summed E-state index contributed by atoms with van der Waals surface area (Å²) in [5, 5.41) is 14.2. The fourth-order valence-electron chi connectivity index (χ4n) is 4.77. The minimum Gasteiger partial charge on any atom is -0.494 e. The molecule has 0 atom stereocenters. The molecule has 0 radical (unpaired) electrons. The minimum absolute atomic E-state index is 0.0653. The van der Waals surface area contributed by atoms with E-state index in [-0.39, 0.29) is 49.4 Å². The second-order valence-corrected chi connectivity index (χ2v) is 11.3. The normalized spacial score (nSPS) is 12.5. The summed E-state index contributed by atoms with van der Waals surface area (Å²) in [6.45, 7) is 10.1. The molecule has 0 fully saturated rings. The molecule has 0 bridgehead atoms. The monoisotopic (exact) mass is 579 g/mol. The number of anilines is 1. The fourth-order valence-corrected chi connectivity index (χ4v) is 4.77. The fraction of sp³-hybridized carbons (Fsp3) is 0.452. The number of fused-ring (bicyclic) bond motifs is 1. The zero-order valence-corrected chi connectivity index (χ0v) is 25.2. The first kappa shape index (κ1) is 32.1. The molecule has 11 heteroatoms. The molecule has 2 aromatic rings. The highest BCUT2D eigenvalue weighted by molar-refractivity contribution is 6.06. The zero-order chi connectivity index (χ0) is 31.2. The van der Waals surface area contributed by atoms with E-state index < -0.39 is 11.3 Å². The van der Waals surface area contributed by atoms with Crippen molar-refractivity contribution in [2.45, 2.75) is 65.8 Å². The van der Waals surface area contributed by atoms with E-state index in [1.165, 1.54) is 6.92 Å². The maximum absolute atomic E-state index is 13.7. The van der Waals surface area contributed by atoms with Crippen LogP contribution >= 0.6 is 0 Å². The SMILES string of the molecule is CCOc1cc2c(cc1CC(=O)NC)C(=N)N(CC(=O)c1cc(NC(C)=O)c(OCCCC(N)=O)c(C(C)(C)C)c1)C2. The topological polar surface area (TPSA) is 164 Å². The number of carbonyl (C=O) groups excluding carboxylic acids is 4. The number of benzene rings is 2. The Kier molecular flexibility index (Phi) is 10.3. The smallest absolute Gasteiger partial charge is 0.224 e. The van der Waals surface area contributed by atoms with Crippen LogP contribution in [0.25, 0.3) is 0 Å².